The molecule has 0 radical (unpaired) electrons. The van der Waals surface area contributed by atoms with Gasteiger partial charge in [0.2, 0.25) is 0 Å². The lowest BCUT2D eigenvalue weighted by atomic mass is 9.91. The second kappa shape index (κ2) is 13.4. The fourth-order valence-electron chi connectivity index (χ4n) is 1.49. The molecule has 9 heteroatoms. The molecule has 0 spiro atoms. The SMILES string of the molecule is C.C.CCC(C)(C)C(=O)OC(C)C(F)(F)S(=O)(=O)[O-].CC[NH+](CC)CC. The van der Waals surface area contributed by atoms with Gasteiger partial charge in [0.1, 0.15) is 0 Å². The number of esters is 1. The highest BCUT2D eigenvalue weighted by molar-refractivity contribution is 7.86. The number of nitrogens with one attached hydrogen (secondary N) is 1. The Hall–Kier alpha value is -0.800. The van der Waals surface area contributed by atoms with Crippen molar-refractivity contribution < 1.29 is 36.2 Å². The minimum atomic E-state index is -5.86. The summed E-state index contributed by atoms with van der Waals surface area (Å²) in [5.74, 6) is -0.976. The summed E-state index contributed by atoms with van der Waals surface area (Å²) in [6.07, 6.45) is -1.99. The molecule has 0 rings (SSSR count). The molecule has 0 bridgehead atoms. The molecule has 0 heterocycles. The Kier molecular flexibility index (Phi) is 16.9. The zero-order valence-corrected chi connectivity index (χ0v) is 16.4. The van der Waals surface area contributed by atoms with Gasteiger partial charge in [0.05, 0.1) is 25.0 Å². The Balaban J connectivity index is -0.000000230. The second-order valence-electron chi connectivity index (χ2n) is 6.11. The van der Waals surface area contributed by atoms with Crippen LogP contribution in [0.3, 0.4) is 0 Å². The third-order valence-electron chi connectivity index (χ3n) is 4.03. The van der Waals surface area contributed by atoms with Crippen molar-refractivity contribution >= 4 is 16.1 Å². The molecule has 0 aromatic heterocycles. The van der Waals surface area contributed by atoms with E-state index in [1.54, 1.807) is 11.8 Å². The minimum absolute atomic E-state index is 0. The van der Waals surface area contributed by atoms with E-state index in [2.05, 4.69) is 25.5 Å². The van der Waals surface area contributed by atoms with Gasteiger partial charge in [-0.3, -0.25) is 4.79 Å². The topological polar surface area (TPSA) is 87.9 Å². The molecule has 1 N–H and O–H groups in total. The summed E-state index contributed by atoms with van der Waals surface area (Å²) in [6, 6.07) is 0. The zero-order valence-electron chi connectivity index (χ0n) is 15.6. The maximum atomic E-state index is 13.0. The van der Waals surface area contributed by atoms with Gasteiger partial charge in [0, 0.05) is 0 Å². The average molecular weight is 408 g/mol. The van der Waals surface area contributed by atoms with Crippen molar-refractivity contribution in [3.63, 3.8) is 0 Å². The quantitative estimate of drug-likeness (QED) is 0.494. The Bertz CT molecular complexity index is 472. The van der Waals surface area contributed by atoms with Gasteiger partial charge in [-0.2, -0.15) is 8.78 Å². The lowest BCUT2D eigenvalue weighted by Crippen LogP contribution is -3.11. The number of alkyl halides is 2. The van der Waals surface area contributed by atoms with Crippen molar-refractivity contribution in [1.82, 2.24) is 0 Å². The molecule has 162 valence electrons. The number of hydrogen-bond donors (Lipinski definition) is 1. The summed E-state index contributed by atoms with van der Waals surface area (Å²) in [5.41, 5.74) is -1.02. The van der Waals surface area contributed by atoms with Crippen LogP contribution in [0.25, 0.3) is 0 Å². The van der Waals surface area contributed by atoms with E-state index in [9.17, 15) is 26.5 Å². The van der Waals surface area contributed by atoms with E-state index in [1.165, 1.54) is 33.5 Å². The van der Waals surface area contributed by atoms with Crippen LogP contribution in [0.5, 0.6) is 0 Å². The van der Waals surface area contributed by atoms with Crippen molar-refractivity contribution in [1.29, 1.82) is 0 Å². The highest BCUT2D eigenvalue weighted by atomic mass is 32.2. The molecule has 0 aliphatic heterocycles. The second-order valence-corrected chi connectivity index (χ2v) is 7.56. The van der Waals surface area contributed by atoms with E-state index in [0.29, 0.717) is 13.3 Å². The molecule has 0 aliphatic carbocycles. The molecule has 1 unspecified atom stereocenters. The number of carbonyl (C=O) groups is 1. The standard InChI is InChI=1S/C9H16F2O5S.C6H15N.2CH4/c1-5-8(3,4)7(12)16-6(2)9(10,11)17(13,14)15;1-4-7(5-2)6-3;;/h6H,5H2,1-4H3,(H,13,14,15);4-6H2,1-3H3;2*1H4. The molecule has 0 aromatic carbocycles. The first-order chi connectivity index (χ1) is 10.7. The van der Waals surface area contributed by atoms with Gasteiger partial charge >= 0.3 is 11.2 Å². The molecule has 0 aromatic rings. The fourth-order valence-corrected chi connectivity index (χ4v) is 1.94. The van der Waals surface area contributed by atoms with E-state index in [4.69, 9.17) is 0 Å². The van der Waals surface area contributed by atoms with Crippen LogP contribution in [0.4, 0.5) is 8.78 Å². The summed E-state index contributed by atoms with van der Waals surface area (Å²) < 4.78 is 61.2. The van der Waals surface area contributed by atoms with E-state index >= 15 is 0 Å². The summed E-state index contributed by atoms with van der Waals surface area (Å²) in [6.45, 7) is 15.7. The normalized spacial score (nSPS) is 12.9. The third-order valence-corrected chi connectivity index (χ3v) is 5.03. The van der Waals surface area contributed by atoms with E-state index in [0.717, 1.165) is 0 Å². The summed E-state index contributed by atoms with van der Waals surface area (Å²) in [7, 11) is -5.86. The first-order valence-corrected chi connectivity index (χ1v) is 9.49. The molecule has 0 saturated carbocycles. The van der Waals surface area contributed by atoms with Crippen molar-refractivity contribution in [2.45, 2.75) is 81.1 Å². The Morgan fingerprint density at radius 3 is 1.62 bits per heavy atom. The third kappa shape index (κ3) is 10.4. The van der Waals surface area contributed by atoms with Crippen LogP contribution >= 0.6 is 0 Å². The maximum absolute atomic E-state index is 13.0. The molecule has 1 atom stereocenters. The molecule has 0 fully saturated rings. The Morgan fingerprint density at radius 2 is 1.42 bits per heavy atom. The van der Waals surface area contributed by atoms with Crippen molar-refractivity contribution in [3.8, 4) is 0 Å². The van der Waals surface area contributed by atoms with Crippen LogP contribution in [-0.2, 0) is 19.6 Å². The van der Waals surface area contributed by atoms with Crippen molar-refractivity contribution in [2.24, 2.45) is 5.41 Å². The minimum Gasteiger partial charge on any atom is -0.743 e. The maximum Gasteiger partial charge on any atom is 0.369 e. The Morgan fingerprint density at radius 1 is 1.08 bits per heavy atom. The van der Waals surface area contributed by atoms with Crippen LogP contribution < -0.4 is 4.90 Å². The van der Waals surface area contributed by atoms with Gasteiger partial charge in [-0.25, -0.2) is 8.42 Å². The monoisotopic (exact) mass is 407 g/mol. The summed E-state index contributed by atoms with van der Waals surface area (Å²) >= 11 is 0. The zero-order chi connectivity index (χ0) is 19.8. The molecule has 6 nitrogen and oxygen atoms in total. The predicted octanol–water partition coefficient (Wildman–Crippen LogP) is 2.70. The number of quaternary nitrogens is 1. The van der Waals surface area contributed by atoms with Crippen LogP contribution in [0.15, 0.2) is 0 Å². The number of carbonyl (C=O) groups excluding carboxylic acids is 1. The van der Waals surface area contributed by atoms with E-state index in [1.807, 2.05) is 0 Å². The highest BCUT2D eigenvalue weighted by Crippen LogP contribution is 2.30. The van der Waals surface area contributed by atoms with Crippen LogP contribution in [-0.4, -0.2) is 49.9 Å². The van der Waals surface area contributed by atoms with Gasteiger partial charge in [0.15, 0.2) is 16.2 Å². The fraction of sp³-hybridized carbons (Fsp3) is 0.941. The number of halogens is 2. The first-order valence-electron chi connectivity index (χ1n) is 8.08. The van der Waals surface area contributed by atoms with E-state index < -0.39 is 32.9 Å². The molecule has 0 saturated heterocycles. The smallest absolute Gasteiger partial charge is 0.369 e. The van der Waals surface area contributed by atoms with Crippen molar-refractivity contribution in [2.75, 3.05) is 19.6 Å². The molecule has 0 aliphatic rings. The van der Waals surface area contributed by atoms with Gasteiger partial charge < -0.3 is 14.2 Å². The molecule has 26 heavy (non-hydrogen) atoms. The van der Waals surface area contributed by atoms with Gasteiger partial charge in [-0.05, 0) is 48.0 Å². The van der Waals surface area contributed by atoms with Crippen molar-refractivity contribution in [3.05, 3.63) is 0 Å². The lowest BCUT2D eigenvalue weighted by molar-refractivity contribution is -0.894. The van der Waals surface area contributed by atoms with Gasteiger partial charge in [0.25, 0.3) is 0 Å². The predicted molar refractivity (Wildman–Crippen MR) is 100 cm³/mol. The average Bonchev–Trinajstić information content (AvgIpc) is 2.48. The molecular formula is C17H39F2NO5S. The van der Waals surface area contributed by atoms with Crippen LogP contribution in [0, 0.1) is 5.41 Å². The lowest BCUT2D eigenvalue weighted by Gasteiger charge is -2.29. The largest absolute Gasteiger partial charge is 0.743 e. The van der Waals surface area contributed by atoms with Gasteiger partial charge in [-0.1, -0.05) is 21.8 Å². The Labute approximate surface area is 159 Å². The molecular weight excluding hydrogens is 368 g/mol. The number of hydrogen-bond acceptors (Lipinski definition) is 5. The first kappa shape index (κ1) is 32.8. The summed E-state index contributed by atoms with van der Waals surface area (Å²) in [4.78, 5) is 13.1. The number of ether oxygens (including phenoxy) is 1. The van der Waals surface area contributed by atoms with Crippen LogP contribution in [0.2, 0.25) is 0 Å². The summed E-state index contributed by atoms with van der Waals surface area (Å²) in [5, 5.41) is -4.63. The van der Waals surface area contributed by atoms with Gasteiger partial charge in [-0.15, -0.1) is 0 Å². The molecule has 0 amide bonds. The highest BCUT2D eigenvalue weighted by Gasteiger charge is 2.47. The number of rotatable bonds is 8. The van der Waals surface area contributed by atoms with E-state index in [-0.39, 0.29) is 14.9 Å². The van der Waals surface area contributed by atoms with Crippen LogP contribution in [0.1, 0.15) is 69.7 Å².